The Hall–Kier alpha value is -2.82. The first kappa shape index (κ1) is 13.6. The number of carboxylic acids is 1. The summed E-state index contributed by atoms with van der Waals surface area (Å²) in [5.74, 6) is -0.675. The van der Waals surface area contributed by atoms with Gasteiger partial charge in [-0.1, -0.05) is 12.1 Å². The van der Waals surface area contributed by atoms with Crippen LogP contribution < -0.4 is 5.32 Å². The Labute approximate surface area is 115 Å². The van der Waals surface area contributed by atoms with E-state index < -0.39 is 5.97 Å². The molecule has 0 unspecified atom stereocenters. The van der Waals surface area contributed by atoms with Crippen molar-refractivity contribution in [2.24, 2.45) is 0 Å². The Morgan fingerprint density at radius 3 is 2.80 bits per heavy atom. The highest BCUT2D eigenvalue weighted by molar-refractivity contribution is 5.91. The molecule has 0 spiro atoms. The summed E-state index contributed by atoms with van der Waals surface area (Å²) < 4.78 is 5.06. The van der Waals surface area contributed by atoms with E-state index in [4.69, 9.17) is 9.52 Å². The average molecular weight is 271 g/mol. The average Bonchev–Trinajstić information content (AvgIpc) is 2.96. The fourth-order valence-electron chi connectivity index (χ4n) is 1.61. The fraction of sp³-hybridized carbons (Fsp3) is 0.0667. The summed E-state index contributed by atoms with van der Waals surface area (Å²) in [7, 11) is 0. The Bertz CT molecular complexity index is 629. The largest absolute Gasteiger partial charge is 0.478 e. The van der Waals surface area contributed by atoms with E-state index in [1.54, 1.807) is 30.3 Å². The number of benzene rings is 1. The van der Waals surface area contributed by atoms with Crippen LogP contribution in [-0.2, 0) is 11.3 Å². The van der Waals surface area contributed by atoms with Crippen molar-refractivity contribution in [1.29, 1.82) is 0 Å². The summed E-state index contributed by atoms with van der Waals surface area (Å²) in [6.45, 7) is 0.266. The molecule has 1 aromatic heterocycles. The summed E-state index contributed by atoms with van der Waals surface area (Å²) >= 11 is 0. The summed E-state index contributed by atoms with van der Waals surface area (Å²) in [6, 6.07) is 9.89. The molecule has 0 aliphatic carbocycles. The van der Waals surface area contributed by atoms with E-state index in [-0.39, 0.29) is 18.0 Å². The molecule has 0 aliphatic rings. The van der Waals surface area contributed by atoms with E-state index in [0.717, 1.165) is 5.56 Å². The van der Waals surface area contributed by atoms with Gasteiger partial charge in [0, 0.05) is 12.6 Å². The molecule has 2 rings (SSSR count). The quantitative estimate of drug-likeness (QED) is 0.818. The van der Waals surface area contributed by atoms with Gasteiger partial charge < -0.3 is 14.8 Å². The molecule has 0 saturated heterocycles. The molecular weight excluding hydrogens is 258 g/mol. The first-order valence-electron chi connectivity index (χ1n) is 5.97. The molecule has 0 radical (unpaired) electrons. The van der Waals surface area contributed by atoms with Gasteiger partial charge in [0.15, 0.2) is 0 Å². The number of carbonyl (C=O) groups excluding carboxylic acids is 1. The molecule has 0 aliphatic heterocycles. The van der Waals surface area contributed by atoms with Crippen LogP contribution in [0.25, 0.3) is 6.08 Å². The summed E-state index contributed by atoms with van der Waals surface area (Å²) in [4.78, 5) is 22.4. The van der Waals surface area contributed by atoms with Crippen molar-refractivity contribution in [1.82, 2.24) is 5.32 Å². The second-order valence-corrected chi connectivity index (χ2v) is 4.07. The van der Waals surface area contributed by atoms with Gasteiger partial charge in [-0.25, -0.2) is 4.79 Å². The minimum Gasteiger partial charge on any atom is -0.478 e. The third-order valence-electron chi connectivity index (χ3n) is 2.58. The molecule has 2 aromatic rings. The molecule has 1 amide bonds. The highest BCUT2D eigenvalue weighted by atomic mass is 16.4. The van der Waals surface area contributed by atoms with Crippen LogP contribution in [0.3, 0.4) is 0 Å². The van der Waals surface area contributed by atoms with Crippen molar-refractivity contribution >= 4 is 18.0 Å². The number of hydrogen-bond donors (Lipinski definition) is 2. The minimum absolute atomic E-state index is 0.197. The molecular formula is C15H13NO4. The Balaban J connectivity index is 1.90. The van der Waals surface area contributed by atoms with E-state index in [1.165, 1.54) is 24.5 Å². The van der Waals surface area contributed by atoms with Crippen molar-refractivity contribution in [2.45, 2.75) is 6.54 Å². The van der Waals surface area contributed by atoms with Crippen LogP contribution in [-0.4, -0.2) is 17.0 Å². The van der Waals surface area contributed by atoms with Crippen molar-refractivity contribution < 1.29 is 19.1 Å². The van der Waals surface area contributed by atoms with Crippen LogP contribution >= 0.6 is 0 Å². The van der Waals surface area contributed by atoms with Crippen LogP contribution in [0, 0.1) is 0 Å². The molecule has 5 nitrogen and oxygen atoms in total. The summed E-state index contributed by atoms with van der Waals surface area (Å²) in [5.41, 5.74) is 0.924. The van der Waals surface area contributed by atoms with E-state index in [0.29, 0.717) is 5.76 Å². The number of carboxylic acid groups (broad SMARTS) is 1. The van der Waals surface area contributed by atoms with Gasteiger partial charge >= 0.3 is 5.97 Å². The van der Waals surface area contributed by atoms with Crippen molar-refractivity contribution in [3.63, 3.8) is 0 Å². The normalized spacial score (nSPS) is 10.6. The number of hydrogen-bond acceptors (Lipinski definition) is 3. The molecule has 0 fully saturated rings. The lowest BCUT2D eigenvalue weighted by atomic mass is 10.1. The number of nitrogens with one attached hydrogen (secondary N) is 1. The molecule has 1 aromatic carbocycles. The number of aromatic carboxylic acids is 1. The Kier molecular flexibility index (Phi) is 4.34. The Morgan fingerprint density at radius 2 is 2.10 bits per heavy atom. The zero-order valence-electron chi connectivity index (χ0n) is 10.6. The van der Waals surface area contributed by atoms with E-state index >= 15 is 0 Å². The second-order valence-electron chi connectivity index (χ2n) is 4.07. The molecule has 20 heavy (non-hydrogen) atoms. The van der Waals surface area contributed by atoms with Gasteiger partial charge in [0.1, 0.15) is 5.76 Å². The van der Waals surface area contributed by atoms with Gasteiger partial charge in [-0.15, -0.1) is 0 Å². The topological polar surface area (TPSA) is 79.5 Å². The fourth-order valence-corrected chi connectivity index (χ4v) is 1.61. The van der Waals surface area contributed by atoms with Crippen molar-refractivity contribution in [3.8, 4) is 0 Å². The molecule has 0 saturated carbocycles. The van der Waals surface area contributed by atoms with Crippen LogP contribution in [0.1, 0.15) is 21.7 Å². The predicted octanol–water partition coefficient (Wildman–Crippen LogP) is 2.31. The smallest absolute Gasteiger partial charge is 0.335 e. The number of amides is 1. The van der Waals surface area contributed by atoms with Crippen molar-refractivity contribution in [3.05, 3.63) is 65.6 Å². The highest BCUT2D eigenvalue weighted by Gasteiger charge is 2.03. The summed E-state index contributed by atoms with van der Waals surface area (Å²) in [5, 5.41) is 11.5. The highest BCUT2D eigenvalue weighted by Crippen LogP contribution is 2.05. The van der Waals surface area contributed by atoms with Gasteiger partial charge in [-0.2, -0.15) is 0 Å². The van der Waals surface area contributed by atoms with Crippen LogP contribution in [0.15, 0.2) is 53.2 Å². The SMILES string of the molecule is O=C(/C=C/c1ccco1)NCc1cccc(C(=O)O)c1. The minimum atomic E-state index is -0.990. The first-order valence-corrected chi connectivity index (χ1v) is 5.97. The van der Waals surface area contributed by atoms with Crippen LogP contribution in [0.4, 0.5) is 0 Å². The van der Waals surface area contributed by atoms with E-state index in [9.17, 15) is 9.59 Å². The maximum Gasteiger partial charge on any atom is 0.335 e. The molecule has 2 N–H and O–H groups in total. The maximum absolute atomic E-state index is 11.6. The maximum atomic E-state index is 11.6. The number of rotatable bonds is 5. The van der Waals surface area contributed by atoms with E-state index in [1.807, 2.05) is 0 Å². The Morgan fingerprint density at radius 1 is 1.25 bits per heavy atom. The van der Waals surface area contributed by atoms with Gasteiger partial charge in [-0.05, 0) is 35.9 Å². The zero-order chi connectivity index (χ0) is 14.4. The lowest BCUT2D eigenvalue weighted by Crippen LogP contribution is -2.20. The van der Waals surface area contributed by atoms with Crippen LogP contribution in [0.5, 0.6) is 0 Å². The van der Waals surface area contributed by atoms with Gasteiger partial charge in [0.2, 0.25) is 5.91 Å². The van der Waals surface area contributed by atoms with Gasteiger partial charge in [-0.3, -0.25) is 4.79 Å². The number of carbonyl (C=O) groups is 2. The predicted molar refractivity (Wildman–Crippen MR) is 73.0 cm³/mol. The lowest BCUT2D eigenvalue weighted by molar-refractivity contribution is -0.116. The molecule has 0 bridgehead atoms. The second kappa shape index (κ2) is 6.38. The molecule has 0 atom stereocenters. The van der Waals surface area contributed by atoms with Gasteiger partial charge in [0.05, 0.1) is 11.8 Å². The third-order valence-corrected chi connectivity index (χ3v) is 2.58. The van der Waals surface area contributed by atoms with E-state index in [2.05, 4.69) is 5.32 Å². The monoisotopic (exact) mass is 271 g/mol. The first-order chi connectivity index (χ1) is 9.65. The summed E-state index contributed by atoms with van der Waals surface area (Å²) in [6.07, 6.45) is 4.44. The van der Waals surface area contributed by atoms with Crippen molar-refractivity contribution in [2.75, 3.05) is 0 Å². The zero-order valence-corrected chi connectivity index (χ0v) is 10.6. The standard InChI is InChI=1S/C15H13NO4/c17-14(7-6-13-5-2-8-20-13)16-10-11-3-1-4-12(9-11)15(18)19/h1-9H,10H2,(H,16,17)(H,18,19)/b7-6+. The molecule has 5 heteroatoms. The number of furan rings is 1. The van der Waals surface area contributed by atoms with Crippen LogP contribution in [0.2, 0.25) is 0 Å². The lowest BCUT2D eigenvalue weighted by Gasteiger charge is -2.03. The third kappa shape index (κ3) is 3.84. The van der Waals surface area contributed by atoms with Gasteiger partial charge in [0.25, 0.3) is 0 Å². The molecule has 1 heterocycles. The molecule has 102 valence electrons.